The smallest absolute Gasteiger partial charge is 0.281 e. The lowest BCUT2D eigenvalue weighted by Crippen LogP contribution is -2.38. The van der Waals surface area contributed by atoms with E-state index in [1.807, 2.05) is 16.7 Å². The Morgan fingerprint density at radius 3 is 3.06 bits per heavy atom. The van der Waals surface area contributed by atoms with Crippen LogP contribution in [0.1, 0.15) is 23.2 Å². The Morgan fingerprint density at radius 2 is 2.26 bits per heavy atom. The van der Waals surface area contributed by atoms with Gasteiger partial charge in [0.05, 0.1) is 32.0 Å². The van der Waals surface area contributed by atoms with Crippen molar-refractivity contribution < 1.29 is 19.0 Å². The number of hydrogen-bond acceptors (Lipinski definition) is 8. The molecule has 1 atom stereocenters. The van der Waals surface area contributed by atoms with Crippen molar-refractivity contribution in [1.82, 2.24) is 19.9 Å². The molecule has 2 aliphatic rings. The summed E-state index contributed by atoms with van der Waals surface area (Å²) >= 11 is 0. The summed E-state index contributed by atoms with van der Waals surface area (Å²) in [6, 6.07) is 7.26. The van der Waals surface area contributed by atoms with E-state index >= 15 is 0 Å². The number of carbonyl (C=O) groups is 1. The van der Waals surface area contributed by atoms with Gasteiger partial charge in [-0.15, -0.1) is 0 Å². The van der Waals surface area contributed by atoms with Crippen LogP contribution in [0, 0.1) is 0 Å². The van der Waals surface area contributed by atoms with E-state index in [0.717, 1.165) is 50.3 Å². The van der Waals surface area contributed by atoms with E-state index < -0.39 is 5.91 Å². The third kappa shape index (κ3) is 4.59. The summed E-state index contributed by atoms with van der Waals surface area (Å²) in [5, 5.41) is 7.61. The number of aromatic nitrogens is 3. The maximum absolute atomic E-state index is 12.7. The molecule has 1 amide bonds. The number of nitrogens with zero attached hydrogens (tertiary/aromatic N) is 4. The van der Waals surface area contributed by atoms with Gasteiger partial charge in [-0.2, -0.15) is 4.99 Å². The molecule has 2 aliphatic heterocycles. The summed E-state index contributed by atoms with van der Waals surface area (Å²) < 4.78 is 19.4. The number of morpholine rings is 1. The minimum atomic E-state index is -0.396. The molecule has 1 unspecified atom stereocenters. The molecule has 0 bridgehead atoms. The molecule has 2 N–H and O–H groups in total. The second-order valence-electron chi connectivity index (χ2n) is 8.18. The first-order chi connectivity index (χ1) is 16.7. The zero-order valence-corrected chi connectivity index (χ0v) is 19.1. The predicted octanol–water partition coefficient (Wildman–Crippen LogP) is 1.75. The number of carbonyl (C=O) groups excluding carboxylic acids is 1. The van der Waals surface area contributed by atoms with E-state index in [2.05, 4.69) is 20.6 Å². The quantitative estimate of drug-likeness (QED) is 0.509. The van der Waals surface area contributed by atoms with Crippen molar-refractivity contribution in [3.63, 3.8) is 0 Å². The Bertz CT molecular complexity index is 1240. The number of anilines is 1. The number of benzene rings is 1. The van der Waals surface area contributed by atoms with Gasteiger partial charge in [-0.3, -0.25) is 14.3 Å². The minimum Gasteiger partial charge on any atom is -0.491 e. The number of nitrogens with one attached hydrogen (secondary N) is 2. The fourth-order valence-electron chi connectivity index (χ4n) is 4.29. The molecule has 2 aromatic heterocycles. The van der Waals surface area contributed by atoms with Gasteiger partial charge in [-0.05, 0) is 37.1 Å². The first-order valence-corrected chi connectivity index (χ1v) is 11.5. The number of pyridine rings is 1. The lowest BCUT2D eigenvalue weighted by Gasteiger charge is -2.23. The van der Waals surface area contributed by atoms with E-state index in [9.17, 15) is 4.79 Å². The second-order valence-corrected chi connectivity index (χ2v) is 8.18. The molecule has 0 radical (unpaired) electrons. The van der Waals surface area contributed by atoms with Gasteiger partial charge in [0.2, 0.25) is 5.62 Å². The molecule has 1 saturated heterocycles. The van der Waals surface area contributed by atoms with Crippen molar-refractivity contribution in [3.8, 4) is 11.5 Å². The fourth-order valence-corrected chi connectivity index (χ4v) is 4.29. The summed E-state index contributed by atoms with van der Waals surface area (Å²) in [5.74, 6) is 1.59. The van der Waals surface area contributed by atoms with Crippen LogP contribution in [0.3, 0.4) is 0 Å². The Labute approximate surface area is 197 Å². The van der Waals surface area contributed by atoms with Gasteiger partial charge in [0.1, 0.15) is 11.3 Å². The van der Waals surface area contributed by atoms with E-state index in [1.165, 1.54) is 6.20 Å². The minimum absolute atomic E-state index is 0.227. The van der Waals surface area contributed by atoms with Crippen LogP contribution in [-0.2, 0) is 11.3 Å². The SMILES string of the molecule is COc1c(OCCCC2CNCCO2)ccc2c3n(c(=NC(=O)c4cccnc4)nc12)CCN3. The molecule has 5 rings (SSSR count). The molecular formula is C24H28N6O4. The van der Waals surface area contributed by atoms with Crippen molar-refractivity contribution in [2.75, 3.05) is 45.3 Å². The second kappa shape index (κ2) is 10.2. The summed E-state index contributed by atoms with van der Waals surface area (Å²) in [6.45, 7) is 4.47. The zero-order valence-electron chi connectivity index (χ0n) is 19.1. The van der Waals surface area contributed by atoms with Gasteiger partial charge in [-0.1, -0.05) is 0 Å². The van der Waals surface area contributed by atoms with E-state index in [-0.39, 0.29) is 6.10 Å². The standard InChI is InChI=1S/C24H28N6O4/c1-32-21-19(34-12-3-5-17-15-26-10-13-33-17)7-6-18-20(21)28-24(30-11-9-27-22(18)30)29-23(31)16-4-2-8-25-14-16/h2,4,6-8,14,17,26-27H,3,5,9-13,15H2,1H3. The molecule has 34 heavy (non-hydrogen) atoms. The Morgan fingerprint density at radius 1 is 1.32 bits per heavy atom. The number of methoxy groups -OCH3 is 1. The predicted molar refractivity (Wildman–Crippen MR) is 126 cm³/mol. The van der Waals surface area contributed by atoms with Crippen LogP contribution < -0.4 is 25.7 Å². The number of hydrogen-bond donors (Lipinski definition) is 2. The topological polar surface area (TPSA) is 112 Å². The summed E-state index contributed by atoms with van der Waals surface area (Å²) in [5.41, 5.74) is 1.32. The molecule has 0 aliphatic carbocycles. The van der Waals surface area contributed by atoms with Crippen LogP contribution >= 0.6 is 0 Å². The van der Waals surface area contributed by atoms with Crippen LogP contribution in [0.5, 0.6) is 11.5 Å². The van der Waals surface area contributed by atoms with Gasteiger partial charge in [-0.25, -0.2) is 4.98 Å². The molecule has 4 heterocycles. The molecule has 1 fully saturated rings. The highest BCUT2D eigenvalue weighted by molar-refractivity contribution is 5.96. The Kier molecular flexibility index (Phi) is 6.68. The van der Waals surface area contributed by atoms with E-state index in [1.54, 1.807) is 25.4 Å². The Balaban J connectivity index is 1.44. The number of amides is 1. The van der Waals surface area contributed by atoms with Gasteiger partial charge < -0.3 is 24.8 Å². The molecule has 10 nitrogen and oxygen atoms in total. The first kappa shape index (κ1) is 22.3. The van der Waals surface area contributed by atoms with Crippen LogP contribution in [-0.4, -0.2) is 66.5 Å². The molecule has 10 heteroatoms. The third-order valence-corrected chi connectivity index (χ3v) is 5.95. The van der Waals surface area contributed by atoms with Crippen LogP contribution in [0.4, 0.5) is 5.82 Å². The molecule has 0 spiro atoms. The average molecular weight is 465 g/mol. The maximum Gasteiger partial charge on any atom is 0.281 e. The molecule has 1 aromatic carbocycles. The largest absolute Gasteiger partial charge is 0.491 e. The lowest BCUT2D eigenvalue weighted by atomic mass is 10.2. The zero-order chi connectivity index (χ0) is 23.3. The highest BCUT2D eigenvalue weighted by Crippen LogP contribution is 2.37. The highest BCUT2D eigenvalue weighted by atomic mass is 16.5. The number of ether oxygens (including phenoxy) is 3. The molecule has 0 saturated carbocycles. The van der Waals surface area contributed by atoms with Crippen molar-refractivity contribution >= 4 is 22.6 Å². The average Bonchev–Trinajstić information content (AvgIpc) is 3.38. The summed E-state index contributed by atoms with van der Waals surface area (Å²) in [4.78, 5) is 25.8. The monoisotopic (exact) mass is 464 g/mol. The van der Waals surface area contributed by atoms with Gasteiger partial charge in [0.25, 0.3) is 5.91 Å². The maximum atomic E-state index is 12.7. The van der Waals surface area contributed by atoms with Gasteiger partial charge in [0, 0.05) is 44.0 Å². The van der Waals surface area contributed by atoms with E-state index in [4.69, 9.17) is 19.2 Å². The van der Waals surface area contributed by atoms with Crippen LogP contribution in [0.15, 0.2) is 41.7 Å². The van der Waals surface area contributed by atoms with Crippen LogP contribution in [0.2, 0.25) is 0 Å². The normalized spacial score (nSPS) is 17.9. The van der Waals surface area contributed by atoms with Crippen molar-refractivity contribution in [2.24, 2.45) is 4.99 Å². The Hall–Kier alpha value is -3.50. The van der Waals surface area contributed by atoms with Gasteiger partial charge >= 0.3 is 0 Å². The third-order valence-electron chi connectivity index (χ3n) is 5.95. The number of rotatable bonds is 7. The molecular weight excluding hydrogens is 436 g/mol. The highest BCUT2D eigenvalue weighted by Gasteiger charge is 2.21. The molecule has 3 aromatic rings. The van der Waals surface area contributed by atoms with Gasteiger partial charge in [0.15, 0.2) is 11.5 Å². The van der Waals surface area contributed by atoms with E-state index in [0.29, 0.717) is 41.3 Å². The summed E-state index contributed by atoms with van der Waals surface area (Å²) in [6.07, 6.45) is 5.13. The first-order valence-electron chi connectivity index (χ1n) is 11.5. The summed E-state index contributed by atoms with van der Waals surface area (Å²) in [7, 11) is 1.59. The van der Waals surface area contributed by atoms with Crippen molar-refractivity contribution in [1.29, 1.82) is 0 Å². The van der Waals surface area contributed by atoms with Crippen molar-refractivity contribution in [3.05, 3.63) is 47.8 Å². The molecule has 178 valence electrons. The van der Waals surface area contributed by atoms with Crippen molar-refractivity contribution in [2.45, 2.75) is 25.5 Å². The van der Waals surface area contributed by atoms with Crippen LogP contribution in [0.25, 0.3) is 10.9 Å². The number of fused-ring (bicyclic) bond motifs is 3. The fraction of sp³-hybridized carbons (Fsp3) is 0.417. The lowest BCUT2D eigenvalue weighted by molar-refractivity contribution is 0.0203.